The Morgan fingerprint density at radius 3 is 2.60 bits per heavy atom. The Bertz CT molecular complexity index is 1680. The van der Waals surface area contributed by atoms with E-state index >= 15 is 0 Å². The molecule has 4 aromatic rings. The zero-order valence-corrected chi connectivity index (χ0v) is 23.0. The first kappa shape index (κ1) is 26.3. The number of aromatic nitrogens is 6. The molecular weight excluding hydrogens is 514 g/mol. The topological polar surface area (TPSA) is 172 Å². The Labute approximate surface area is 230 Å². The Morgan fingerprint density at radius 2 is 1.88 bits per heavy atom. The van der Waals surface area contributed by atoms with Crippen LogP contribution in [0.2, 0.25) is 0 Å². The fourth-order valence-electron chi connectivity index (χ4n) is 6.42. The van der Waals surface area contributed by atoms with Gasteiger partial charge in [0.2, 0.25) is 11.9 Å². The van der Waals surface area contributed by atoms with Crippen LogP contribution in [-0.2, 0) is 30.0 Å². The molecule has 1 spiro atoms. The molecule has 1 aromatic carbocycles. The van der Waals surface area contributed by atoms with E-state index in [-0.39, 0.29) is 30.0 Å². The molecule has 6 rings (SSSR count). The molecule has 2 aliphatic rings. The van der Waals surface area contributed by atoms with Crippen molar-refractivity contribution >= 4 is 39.9 Å². The summed E-state index contributed by atoms with van der Waals surface area (Å²) in [5.41, 5.74) is 13.7. The summed E-state index contributed by atoms with van der Waals surface area (Å²) in [6.45, 7) is 3.21. The van der Waals surface area contributed by atoms with E-state index in [0.29, 0.717) is 56.4 Å². The number of hydrogen-bond acceptors (Lipinski definition) is 9. The van der Waals surface area contributed by atoms with Crippen molar-refractivity contribution in [3.05, 3.63) is 40.6 Å². The van der Waals surface area contributed by atoms with Gasteiger partial charge in [0.25, 0.3) is 0 Å². The maximum Gasteiger partial charge on any atom is 0.328 e. The molecule has 5 heterocycles. The van der Waals surface area contributed by atoms with Crippen molar-refractivity contribution in [3.8, 4) is 0 Å². The van der Waals surface area contributed by atoms with Crippen LogP contribution in [0.5, 0.6) is 0 Å². The maximum atomic E-state index is 13.1. The molecule has 2 atom stereocenters. The number of hydrogen-bond donors (Lipinski definition) is 3. The molecule has 13 heteroatoms. The number of anilines is 2. The van der Waals surface area contributed by atoms with E-state index in [9.17, 15) is 14.7 Å². The van der Waals surface area contributed by atoms with Gasteiger partial charge in [-0.05, 0) is 43.9 Å². The number of carbonyl (C=O) groups excluding carboxylic acids is 1. The minimum absolute atomic E-state index is 0.0443. The van der Waals surface area contributed by atoms with Crippen LogP contribution in [0.3, 0.4) is 0 Å². The van der Waals surface area contributed by atoms with E-state index in [1.807, 2.05) is 23.1 Å². The molecule has 0 bridgehead atoms. The van der Waals surface area contributed by atoms with Gasteiger partial charge >= 0.3 is 5.69 Å². The van der Waals surface area contributed by atoms with Gasteiger partial charge in [-0.2, -0.15) is 9.97 Å². The second-order valence-electron chi connectivity index (χ2n) is 11.4. The van der Waals surface area contributed by atoms with Crippen LogP contribution in [0.25, 0.3) is 22.2 Å². The van der Waals surface area contributed by atoms with Gasteiger partial charge in [0, 0.05) is 40.0 Å². The van der Waals surface area contributed by atoms with Crippen LogP contribution >= 0.6 is 0 Å². The summed E-state index contributed by atoms with van der Waals surface area (Å²) in [5.74, 6) is 0.331. The van der Waals surface area contributed by atoms with Gasteiger partial charge in [-0.3, -0.25) is 13.9 Å². The molecule has 3 aromatic heterocycles. The van der Waals surface area contributed by atoms with E-state index in [2.05, 4.69) is 15.0 Å². The summed E-state index contributed by atoms with van der Waals surface area (Å²) in [4.78, 5) is 39.8. The zero-order valence-electron chi connectivity index (χ0n) is 23.0. The van der Waals surface area contributed by atoms with Gasteiger partial charge in [-0.15, -0.1) is 0 Å². The lowest BCUT2D eigenvalue weighted by Crippen LogP contribution is -2.58. The van der Waals surface area contributed by atoms with E-state index in [4.69, 9.17) is 16.2 Å². The number of benzene rings is 1. The fraction of sp³-hybridized carbons (Fsp3) is 0.519. The fourth-order valence-corrected chi connectivity index (χ4v) is 6.42. The Morgan fingerprint density at radius 1 is 1.15 bits per heavy atom. The quantitative estimate of drug-likeness (QED) is 0.334. The number of likely N-dealkylation sites (tertiary alicyclic amines) is 1. The molecule has 1 amide bonds. The smallest absolute Gasteiger partial charge is 0.328 e. The van der Waals surface area contributed by atoms with Gasteiger partial charge in [-0.25, -0.2) is 9.78 Å². The van der Waals surface area contributed by atoms with E-state index in [0.717, 1.165) is 16.6 Å². The third-order valence-electron chi connectivity index (χ3n) is 8.74. The molecular formula is C27H35N9O4. The molecule has 13 nitrogen and oxygen atoms in total. The average Bonchev–Trinajstić information content (AvgIpc) is 3.42. The summed E-state index contributed by atoms with van der Waals surface area (Å²) >= 11 is 0. The van der Waals surface area contributed by atoms with Crippen LogP contribution in [0.1, 0.15) is 44.2 Å². The van der Waals surface area contributed by atoms with E-state index in [1.165, 1.54) is 0 Å². The number of nitrogen functional groups attached to an aromatic ring is 2. The Kier molecular flexibility index (Phi) is 6.11. The highest BCUT2D eigenvalue weighted by molar-refractivity contribution is 5.83. The summed E-state index contributed by atoms with van der Waals surface area (Å²) < 4.78 is 11.4. The largest absolute Gasteiger partial charge is 0.388 e. The van der Waals surface area contributed by atoms with Crippen molar-refractivity contribution in [1.82, 2.24) is 33.6 Å². The number of ether oxygens (including phenoxy) is 1. The predicted octanol–water partition coefficient (Wildman–Crippen LogP) is 0.888. The number of carbonyl (C=O) groups is 1. The lowest BCUT2D eigenvalue weighted by molar-refractivity contribution is -0.196. The van der Waals surface area contributed by atoms with Crippen molar-refractivity contribution in [2.24, 2.45) is 14.1 Å². The van der Waals surface area contributed by atoms with Gasteiger partial charge in [0.15, 0.2) is 11.5 Å². The normalized spacial score (nSPS) is 22.9. The summed E-state index contributed by atoms with van der Waals surface area (Å²) in [6, 6.07) is 5.47. The van der Waals surface area contributed by atoms with Gasteiger partial charge in [0.05, 0.1) is 41.2 Å². The Hall–Kier alpha value is -3.97. The number of nitrogens with zero attached hydrogens (tertiary/aromatic N) is 7. The van der Waals surface area contributed by atoms with Crippen molar-refractivity contribution in [3.63, 3.8) is 0 Å². The van der Waals surface area contributed by atoms with Crippen molar-refractivity contribution < 1.29 is 14.6 Å². The maximum absolute atomic E-state index is 13.1. The van der Waals surface area contributed by atoms with E-state index in [1.54, 1.807) is 41.0 Å². The standard InChI is InChI=1S/C27H35N9O4/c1-26(39)14-27(40-13-19(26)36-15-30-21-22(28)31-24(29)32-23(21)36)8-10-35(11-9-27)20(37)7-5-16-4-6-17-18(12-16)34(3)25(38)33(17)2/h4,6,12,15,19,39H,5,7-11,13-14H2,1-3H3,(H4,28,29,31,32)/t19-,26-/m1/s1. The minimum atomic E-state index is -1.11. The molecule has 5 N–H and O–H groups in total. The number of fused-ring (bicyclic) bond motifs is 2. The van der Waals surface area contributed by atoms with Crippen molar-refractivity contribution in [1.29, 1.82) is 0 Å². The van der Waals surface area contributed by atoms with Crippen LogP contribution in [0, 0.1) is 0 Å². The second kappa shape index (κ2) is 9.30. The first-order valence-corrected chi connectivity index (χ1v) is 13.5. The van der Waals surface area contributed by atoms with Crippen LogP contribution < -0.4 is 17.2 Å². The molecule has 2 saturated heterocycles. The van der Waals surface area contributed by atoms with Crippen LogP contribution in [-0.4, -0.2) is 75.5 Å². The van der Waals surface area contributed by atoms with Gasteiger partial charge in [0.1, 0.15) is 5.52 Å². The highest BCUT2D eigenvalue weighted by atomic mass is 16.5. The SMILES string of the molecule is Cn1c(=O)n(C)c2cc(CCC(=O)N3CCC4(CC3)C[C@@](C)(O)[C@H](n3cnc5c(N)nc(N)nc53)CO4)ccc21. The number of rotatable bonds is 4. The molecule has 0 saturated carbocycles. The third kappa shape index (κ3) is 4.29. The Balaban J connectivity index is 1.09. The molecule has 212 valence electrons. The number of aryl methyl sites for hydroxylation is 3. The van der Waals surface area contributed by atoms with Crippen molar-refractivity contribution in [2.45, 2.75) is 56.3 Å². The monoisotopic (exact) mass is 549 g/mol. The summed E-state index contributed by atoms with van der Waals surface area (Å²) in [7, 11) is 3.52. The predicted molar refractivity (Wildman–Crippen MR) is 149 cm³/mol. The second-order valence-corrected chi connectivity index (χ2v) is 11.4. The molecule has 0 aliphatic carbocycles. The van der Waals surface area contributed by atoms with Gasteiger partial charge < -0.3 is 30.8 Å². The summed E-state index contributed by atoms with van der Waals surface area (Å²) in [6.07, 6.45) is 4.29. The third-order valence-corrected chi connectivity index (χ3v) is 8.74. The molecule has 2 fully saturated rings. The van der Waals surface area contributed by atoms with Crippen LogP contribution in [0.4, 0.5) is 11.8 Å². The number of piperidine rings is 1. The number of amides is 1. The number of imidazole rings is 2. The number of nitrogens with two attached hydrogens (primary N) is 2. The molecule has 0 radical (unpaired) electrons. The highest BCUT2D eigenvalue weighted by Gasteiger charge is 2.50. The highest BCUT2D eigenvalue weighted by Crippen LogP contribution is 2.44. The van der Waals surface area contributed by atoms with Crippen molar-refractivity contribution in [2.75, 3.05) is 31.2 Å². The minimum Gasteiger partial charge on any atom is -0.388 e. The first-order chi connectivity index (χ1) is 19.0. The van der Waals surface area contributed by atoms with E-state index < -0.39 is 17.2 Å². The van der Waals surface area contributed by atoms with Crippen LogP contribution in [0.15, 0.2) is 29.3 Å². The lowest BCUT2D eigenvalue weighted by atomic mass is 9.75. The molecule has 0 unspecified atom stereocenters. The molecule has 40 heavy (non-hydrogen) atoms. The van der Waals surface area contributed by atoms with Gasteiger partial charge in [-0.1, -0.05) is 6.07 Å². The molecule has 2 aliphatic heterocycles. The first-order valence-electron chi connectivity index (χ1n) is 13.5. The zero-order chi connectivity index (χ0) is 28.4. The average molecular weight is 550 g/mol. The number of aliphatic hydroxyl groups is 1. The summed E-state index contributed by atoms with van der Waals surface area (Å²) in [5, 5.41) is 11.6. The lowest BCUT2D eigenvalue weighted by Gasteiger charge is -2.51.